The maximum atomic E-state index is 4.56. The van der Waals surface area contributed by atoms with Gasteiger partial charge in [0.1, 0.15) is 5.82 Å². The van der Waals surface area contributed by atoms with Crippen LogP contribution < -0.4 is 4.90 Å². The Morgan fingerprint density at radius 1 is 1.05 bits per heavy atom. The van der Waals surface area contributed by atoms with Crippen LogP contribution in [0, 0.1) is 0 Å². The summed E-state index contributed by atoms with van der Waals surface area (Å²) < 4.78 is 0. The molecule has 0 saturated heterocycles. The fraction of sp³-hybridized carbons (Fsp3) is 0.312. The minimum atomic E-state index is 0.419. The van der Waals surface area contributed by atoms with E-state index in [1.165, 1.54) is 11.1 Å². The number of rotatable bonds is 5. The third-order valence-corrected chi connectivity index (χ3v) is 3.72. The Morgan fingerprint density at radius 3 is 2.32 bits per heavy atom. The van der Waals surface area contributed by atoms with Crippen LogP contribution in [0.15, 0.2) is 48.7 Å². The summed E-state index contributed by atoms with van der Waals surface area (Å²) in [6, 6.07) is 15.2. The monoisotopic (exact) mass is 318 g/mol. The molecule has 19 heavy (non-hydrogen) atoms. The molecule has 2 nitrogen and oxygen atoms in total. The van der Waals surface area contributed by atoms with Gasteiger partial charge in [0.2, 0.25) is 0 Å². The fourth-order valence-corrected chi connectivity index (χ4v) is 2.31. The molecule has 100 valence electrons. The van der Waals surface area contributed by atoms with Crippen LogP contribution in [0.2, 0.25) is 0 Å². The Hall–Kier alpha value is -1.35. The van der Waals surface area contributed by atoms with Crippen LogP contribution in [-0.4, -0.2) is 11.0 Å². The number of alkyl halides is 1. The lowest BCUT2D eigenvalue weighted by molar-refractivity contribution is 0.672. The normalized spacial score (nSPS) is 10.7. The summed E-state index contributed by atoms with van der Waals surface area (Å²) in [5.41, 5.74) is 2.51. The van der Waals surface area contributed by atoms with Crippen molar-refractivity contribution >= 4 is 21.7 Å². The van der Waals surface area contributed by atoms with E-state index in [0.717, 1.165) is 17.7 Å². The molecule has 1 aromatic heterocycles. The predicted molar refractivity (Wildman–Crippen MR) is 84.6 cm³/mol. The molecule has 0 aliphatic heterocycles. The van der Waals surface area contributed by atoms with Gasteiger partial charge in [-0.25, -0.2) is 4.98 Å². The predicted octanol–water partition coefficient (Wildman–Crippen LogP) is 4.39. The molecule has 0 fully saturated rings. The second-order valence-electron chi connectivity index (χ2n) is 4.87. The van der Waals surface area contributed by atoms with Crippen LogP contribution in [0.3, 0.4) is 0 Å². The van der Waals surface area contributed by atoms with Crippen molar-refractivity contribution in [2.24, 2.45) is 0 Å². The first kappa shape index (κ1) is 14.1. The summed E-state index contributed by atoms with van der Waals surface area (Å²) >= 11 is 3.45. The molecule has 0 amide bonds. The Kier molecular flexibility index (Phi) is 4.97. The molecule has 0 aliphatic carbocycles. The van der Waals surface area contributed by atoms with Gasteiger partial charge in [-0.1, -0.05) is 52.3 Å². The zero-order valence-corrected chi connectivity index (χ0v) is 13.0. The molecule has 0 aliphatic rings. The lowest BCUT2D eigenvalue weighted by atomic mass is 10.2. The Bertz CT molecular complexity index is 494. The van der Waals surface area contributed by atoms with E-state index >= 15 is 0 Å². The van der Waals surface area contributed by atoms with Crippen LogP contribution in [0.1, 0.15) is 25.0 Å². The van der Waals surface area contributed by atoms with Gasteiger partial charge in [0.15, 0.2) is 0 Å². The van der Waals surface area contributed by atoms with Gasteiger partial charge >= 0.3 is 0 Å². The Morgan fingerprint density at radius 2 is 1.79 bits per heavy atom. The molecular weight excluding hydrogens is 300 g/mol. The van der Waals surface area contributed by atoms with Crippen LogP contribution in [0.25, 0.3) is 0 Å². The molecule has 0 radical (unpaired) electrons. The van der Waals surface area contributed by atoms with Gasteiger partial charge in [0, 0.05) is 24.1 Å². The summed E-state index contributed by atoms with van der Waals surface area (Å²) in [4.78, 5) is 6.88. The quantitative estimate of drug-likeness (QED) is 0.760. The van der Waals surface area contributed by atoms with Crippen molar-refractivity contribution in [3.05, 3.63) is 59.8 Å². The van der Waals surface area contributed by atoms with E-state index in [-0.39, 0.29) is 0 Å². The van der Waals surface area contributed by atoms with Gasteiger partial charge in [-0.05, 0) is 31.0 Å². The van der Waals surface area contributed by atoms with Gasteiger partial charge in [0.05, 0.1) is 0 Å². The molecule has 0 atom stereocenters. The molecule has 0 bridgehead atoms. The zero-order chi connectivity index (χ0) is 13.7. The number of anilines is 1. The number of hydrogen-bond acceptors (Lipinski definition) is 2. The highest BCUT2D eigenvalue weighted by Crippen LogP contribution is 2.18. The van der Waals surface area contributed by atoms with Crippen LogP contribution in [-0.2, 0) is 11.9 Å². The standard InChI is InChI=1S/C16H19BrN2/c1-13(2)19(12-14-6-4-3-5-7-14)16-9-8-15(10-17)11-18-16/h3-9,11,13H,10,12H2,1-2H3. The maximum Gasteiger partial charge on any atom is 0.129 e. The van der Waals surface area contributed by atoms with E-state index in [1.807, 2.05) is 12.3 Å². The van der Waals surface area contributed by atoms with E-state index in [9.17, 15) is 0 Å². The average Bonchev–Trinajstić information content (AvgIpc) is 2.46. The third kappa shape index (κ3) is 3.80. The van der Waals surface area contributed by atoms with Crippen LogP contribution in [0.4, 0.5) is 5.82 Å². The third-order valence-electron chi connectivity index (χ3n) is 3.08. The highest BCUT2D eigenvalue weighted by molar-refractivity contribution is 9.08. The van der Waals surface area contributed by atoms with E-state index in [0.29, 0.717) is 6.04 Å². The number of pyridine rings is 1. The van der Waals surface area contributed by atoms with Crippen molar-refractivity contribution in [2.75, 3.05) is 4.90 Å². The number of benzene rings is 1. The van der Waals surface area contributed by atoms with Crippen molar-refractivity contribution < 1.29 is 0 Å². The van der Waals surface area contributed by atoms with Crippen molar-refractivity contribution in [1.29, 1.82) is 0 Å². The largest absolute Gasteiger partial charge is 0.350 e. The average molecular weight is 319 g/mol. The number of hydrogen-bond donors (Lipinski definition) is 0. The van der Waals surface area contributed by atoms with Gasteiger partial charge in [-0.2, -0.15) is 0 Å². The molecule has 1 aromatic carbocycles. The summed E-state index contributed by atoms with van der Waals surface area (Å²) in [6.45, 7) is 5.28. The second kappa shape index (κ2) is 6.71. The molecule has 3 heteroatoms. The maximum absolute atomic E-state index is 4.56. The van der Waals surface area contributed by atoms with Crippen LogP contribution in [0.5, 0.6) is 0 Å². The molecule has 0 saturated carbocycles. The highest BCUT2D eigenvalue weighted by Gasteiger charge is 2.12. The molecule has 0 spiro atoms. The zero-order valence-electron chi connectivity index (χ0n) is 11.4. The van der Waals surface area contributed by atoms with Crippen molar-refractivity contribution in [3.63, 3.8) is 0 Å². The van der Waals surface area contributed by atoms with E-state index in [2.05, 4.69) is 76.1 Å². The molecule has 2 aromatic rings. The van der Waals surface area contributed by atoms with Crippen molar-refractivity contribution in [1.82, 2.24) is 4.98 Å². The minimum absolute atomic E-state index is 0.419. The smallest absolute Gasteiger partial charge is 0.129 e. The van der Waals surface area contributed by atoms with Crippen LogP contribution >= 0.6 is 15.9 Å². The molecular formula is C16H19BrN2. The van der Waals surface area contributed by atoms with Gasteiger partial charge in [0.25, 0.3) is 0 Å². The van der Waals surface area contributed by atoms with Gasteiger partial charge in [-0.15, -0.1) is 0 Å². The SMILES string of the molecule is CC(C)N(Cc1ccccc1)c1ccc(CBr)cn1. The van der Waals surface area contributed by atoms with Crippen molar-refractivity contribution in [2.45, 2.75) is 31.8 Å². The van der Waals surface area contributed by atoms with Crippen molar-refractivity contribution in [3.8, 4) is 0 Å². The summed E-state index contributed by atoms with van der Waals surface area (Å²) in [7, 11) is 0. The van der Waals surface area contributed by atoms with Gasteiger partial charge < -0.3 is 4.90 Å². The Balaban J connectivity index is 2.19. The minimum Gasteiger partial charge on any atom is -0.350 e. The molecule has 2 rings (SSSR count). The first-order valence-corrected chi connectivity index (χ1v) is 7.64. The summed E-state index contributed by atoms with van der Waals surface area (Å²) in [6.07, 6.45) is 1.93. The lowest BCUT2D eigenvalue weighted by Gasteiger charge is -2.28. The van der Waals surface area contributed by atoms with E-state index in [1.54, 1.807) is 0 Å². The highest BCUT2D eigenvalue weighted by atomic mass is 79.9. The molecule has 0 unspecified atom stereocenters. The summed E-state index contributed by atoms with van der Waals surface area (Å²) in [5, 5.41) is 0.848. The van der Waals surface area contributed by atoms with E-state index in [4.69, 9.17) is 0 Å². The lowest BCUT2D eigenvalue weighted by Crippen LogP contribution is -2.30. The second-order valence-corrected chi connectivity index (χ2v) is 5.43. The van der Waals surface area contributed by atoms with Gasteiger partial charge in [-0.3, -0.25) is 0 Å². The first-order valence-electron chi connectivity index (χ1n) is 6.52. The number of halogens is 1. The molecule has 0 N–H and O–H groups in total. The number of aromatic nitrogens is 1. The van der Waals surface area contributed by atoms with E-state index < -0.39 is 0 Å². The molecule has 1 heterocycles. The topological polar surface area (TPSA) is 16.1 Å². The number of nitrogens with zero attached hydrogens (tertiary/aromatic N) is 2. The first-order chi connectivity index (χ1) is 9.20. The summed E-state index contributed by atoms with van der Waals surface area (Å²) in [5.74, 6) is 1.03. The fourth-order valence-electron chi connectivity index (χ4n) is 1.97. The Labute approximate surface area is 123 Å².